The standard InChI is InChI=1S/C8H6F5NOS/c1-15-8-3-2-7(4-6(8)5-14)16(9,10,11,12)13/h2-4H,1H3/i1D3. The first-order valence-corrected chi connectivity index (χ1v) is 5.55. The van der Waals surface area contributed by atoms with E-state index < -0.39 is 33.5 Å². The molecule has 0 aliphatic rings. The molecule has 0 unspecified atom stereocenters. The molecule has 1 aromatic rings. The highest BCUT2D eigenvalue weighted by Gasteiger charge is 2.65. The van der Waals surface area contributed by atoms with Crippen LogP contribution in [0.15, 0.2) is 23.1 Å². The lowest BCUT2D eigenvalue weighted by molar-refractivity contribution is 0.363. The SMILES string of the molecule is [2H]C([2H])([2H])Oc1ccc(S(F)(F)(F)(F)F)cc1C#N. The normalized spacial score (nSPS) is 19.4. The van der Waals surface area contributed by atoms with Crippen LogP contribution >= 0.6 is 10.2 Å². The third-order valence-corrected chi connectivity index (χ3v) is 2.77. The van der Waals surface area contributed by atoms with Gasteiger partial charge in [0.15, 0.2) is 0 Å². The van der Waals surface area contributed by atoms with Gasteiger partial charge in [0.1, 0.15) is 16.7 Å². The zero-order valence-electron chi connectivity index (χ0n) is 10.4. The molecule has 0 N–H and O–H groups in total. The van der Waals surface area contributed by atoms with Crippen LogP contribution in [0.5, 0.6) is 5.75 Å². The van der Waals surface area contributed by atoms with E-state index in [9.17, 15) is 19.4 Å². The molecule has 0 aliphatic heterocycles. The van der Waals surface area contributed by atoms with Crippen molar-refractivity contribution >= 4 is 10.2 Å². The summed E-state index contributed by atoms with van der Waals surface area (Å²) in [5.41, 5.74) is -0.943. The van der Waals surface area contributed by atoms with Crippen LogP contribution in [0.25, 0.3) is 0 Å². The van der Waals surface area contributed by atoms with Crippen molar-refractivity contribution in [3.8, 4) is 11.8 Å². The molecule has 0 aliphatic carbocycles. The fourth-order valence-corrected chi connectivity index (χ4v) is 1.59. The van der Waals surface area contributed by atoms with Crippen LogP contribution in [-0.2, 0) is 0 Å². The summed E-state index contributed by atoms with van der Waals surface area (Å²) < 4.78 is 86.8. The van der Waals surface area contributed by atoms with Gasteiger partial charge in [-0.25, -0.2) is 0 Å². The van der Waals surface area contributed by atoms with Gasteiger partial charge in [-0.1, -0.05) is 19.4 Å². The average Bonchev–Trinajstić information content (AvgIpc) is 2.11. The molecule has 0 radical (unpaired) electrons. The van der Waals surface area contributed by atoms with Crippen molar-refractivity contribution < 1.29 is 28.3 Å². The molecule has 90 valence electrons. The lowest BCUT2D eigenvalue weighted by atomic mass is 10.2. The minimum absolute atomic E-state index is 0.0243. The number of methoxy groups -OCH3 is 1. The summed E-state index contributed by atoms with van der Waals surface area (Å²) in [6.45, 7) is 0. The first-order valence-electron chi connectivity index (χ1n) is 5.10. The lowest BCUT2D eigenvalue weighted by Crippen LogP contribution is -2.06. The van der Waals surface area contributed by atoms with E-state index in [0.29, 0.717) is 6.07 Å². The summed E-state index contributed by atoms with van der Waals surface area (Å²) in [5.74, 6) is -0.729. The molecule has 16 heavy (non-hydrogen) atoms. The average molecular weight is 262 g/mol. The maximum atomic E-state index is 12.5. The van der Waals surface area contributed by atoms with Crippen molar-refractivity contribution in [3.05, 3.63) is 23.8 Å². The Morgan fingerprint density at radius 3 is 2.38 bits per heavy atom. The van der Waals surface area contributed by atoms with Crippen LogP contribution in [0.4, 0.5) is 19.4 Å². The highest BCUT2D eigenvalue weighted by atomic mass is 32.5. The number of hydrogen-bond donors (Lipinski definition) is 0. The number of nitrogens with zero attached hydrogens (tertiary/aromatic N) is 1. The number of nitriles is 1. The summed E-state index contributed by atoms with van der Waals surface area (Å²) >= 11 is 0. The molecule has 0 bridgehead atoms. The van der Waals surface area contributed by atoms with Crippen molar-refractivity contribution in [1.29, 1.82) is 5.26 Å². The largest absolute Gasteiger partial charge is 0.495 e. The summed E-state index contributed by atoms with van der Waals surface area (Å²) in [6, 6.07) is 1.39. The molecule has 0 heterocycles. The van der Waals surface area contributed by atoms with Gasteiger partial charge in [0, 0.05) is 0 Å². The number of benzene rings is 1. The van der Waals surface area contributed by atoms with Gasteiger partial charge in [-0.15, -0.1) is 0 Å². The summed E-state index contributed by atoms with van der Waals surface area (Å²) in [4.78, 5) is -2.28. The Morgan fingerprint density at radius 1 is 1.31 bits per heavy atom. The molecule has 0 atom stereocenters. The molecule has 0 spiro atoms. The molecule has 2 nitrogen and oxygen atoms in total. The Kier molecular flexibility index (Phi) is 1.51. The van der Waals surface area contributed by atoms with Crippen LogP contribution < -0.4 is 4.74 Å². The first-order chi connectivity index (χ1) is 8.12. The van der Waals surface area contributed by atoms with Gasteiger partial charge in [0.2, 0.25) is 0 Å². The van der Waals surface area contributed by atoms with Crippen molar-refractivity contribution in [2.24, 2.45) is 0 Å². The topological polar surface area (TPSA) is 33.0 Å². The number of halogens is 5. The number of ether oxygens (including phenoxy) is 1. The third-order valence-electron chi connectivity index (χ3n) is 1.63. The fourth-order valence-electron chi connectivity index (χ4n) is 0.925. The van der Waals surface area contributed by atoms with Gasteiger partial charge in [-0.05, 0) is 18.2 Å². The van der Waals surface area contributed by atoms with Crippen LogP contribution in [0.1, 0.15) is 9.68 Å². The maximum absolute atomic E-state index is 12.5. The maximum Gasteiger partial charge on any atom is 0.310 e. The summed E-state index contributed by atoms with van der Waals surface area (Å²) in [5, 5.41) is 8.56. The first kappa shape index (κ1) is 8.64. The molecule has 0 saturated carbocycles. The fraction of sp³-hybridized carbons (Fsp3) is 0.125. The van der Waals surface area contributed by atoms with Crippen LogP contribution in [-0.4, -0.2) is 7.04 Å². The van der Waals surface area contributed by atoms with Gasteiger partial charge in [-0.3, -0.25) is 0 Å². The molecule has 1 rings (SSSR count). The van der Waals surface area contributed by atoms with Gasteiger partial charge < -0.3 is 4.74 Å². The van der Waals surface area contributed by atoms with E-state index in [2.05, 4.69) is 4.74 Å². The van der Waals surface area contributed by atoms with Crippen LogP contribution in [0.3, 0.4) is 0 Å². The monoisotopic (exact) mass is 262 g/mol. The van der Waals surface area contributed by atoms with E-state index in [1.807, 2.05) is 0 Å². The molecular formula is C8H6F5NOS. The van der Waals surface area contributed by atoms with E-state index in [1.54, 1.807) is 0 Å². The predicted molar refractivity (Wildman–Crippen MR) is 49.1 cm³/mol. The Hall–Kier alpha value is -1.49. The molecular weight excluding hydrogens is 253 g/mol. The second-order valence-electron chi connectivity index (χ2n) is 2.84. The van der Waals surface area contributed by atoms with E-state index in [4.69, 9.17) is 9.37 Å². The highest BCUT2D eigenvalue weighted by molar-refractivity contribution is 8.45. The third kappa shape index (κ3) is 2.55. The van der Waals surface area contributed by atoms with E-state index in [0.717, 1.165) is 0 Å². The predicted octanol–water partition coefficient (Wildman–Crippen LogP) is 4.22. The molecule has 0 saturated heterocycles. The Labute approximate surface area is 92.2 Å². The van der Waals surface area contributed by atoms with Gasteiger partial charge in [-0.2, -0.15) is 5.26 Å². The second kappa shape index (κ2) is 2.79. The van der Waals surface area contributed by atoms with Crippen molar-refractivity contribution in [2.45, 2.75) is 4.90 Å². The smallest absolute Gasteiger partial charge is 0.310 e. The number of hydrogen-bond acceptors (Lipinski definition) is 2. The Morgan fingerprint density at radius 2 is 1.94 bits per heavy atom. The van der Waals surface area contributed by atoms with Crippen molar-refractivity contribution in [3.63, 3.8) is 0 Å². The molecule has 0 aromatic heterocycles. The lowest BCUT2D eigenvalue weighted by Gasteiger charge is -2.40. The molecule has 8 heteroatoms. The van der Waals surface area contributed by atoms with E-state index in [1.165, 1.54) is 6.07 Å². The summed E-state index contributed by atoms with van der Waals surface area (Å²) in [6.07, 6.45) is 0. The van der Waals surface area contributed by atoms with Gasteiger partial charge >= 0.3 is 10.2 Å². The van der Waals surface area contributed by atoms with Crippen LogP contribution in [0, 0.1) is 11.3 Å². The van der Waals surface area contributed by atoms with Crippen LogP contribution in [0.2, 0.25) is 0 Å². The zero-order valence-corrected chi connectivity index (χ0v) is 8.20. The number of rotatable bonds is 2. The molecule has 1 aromatic carbocycles. The second-order valence-corrected chi connectivity index (χ2v) is 5.25. The van der Waals surface area contributed by atoms with Gasteiger partial charge in [0.05, 0.1) is 16.7 Å². The van der Waals surface area contributed by atoms with E-state index >= 15 is 0 Å². The van der Waals surface area contributed by atoms with Gasteiger partial charge in [0.25, 0.3) is 0 Å². The molecule has 0 fully saturated rings. The Bertz CT molecular complexity index is 562. The summed E-state index contributed by atoms with van der Waals surface area (Å²) in [7, 11) is -12.9. The highest BCUT2D eigenvalue weighted by Crippen LogP contribution is 3.02. The van der Waals surface area contributed by atoms with Crippen molar-refractivity contribution in [2.75, 3.05) is 7.04 Å². The minimum Gasteiger partial charge on any atom is -0.495 e. The molecule has 0 amide bonds. The zero-order chi connectivity index (χ0) is 15.2. The van der Waals surface area contributed by atoms with E-state index in [-0.39, 0.29) is 12.1 Å². The minimum atomic E-state index is -9.92. The Balaban J connectivity index is 3.39. The quantitative estimate of drug-likeness (QED) is 0.747. The van der Waals surface area contributed by atoms with Crippen molar-refractivity contribution in [1.82, 2.24) is 0 Å².